The van der Waals surface area contributed by atoms with Crippen molar-refractivity contribution in [3.05, 3.63) is 52.0 Å². The van der Waals surface area contributed by atoms with Gasteiger partial charge in [-0.15, -0.1) is 11.3 Å². The zero-order valence-corrected chi connectivity index (χ0v) is 11.1. The van der Waals surface area contributed by atoms with E-state index in [-0.39, 0.29) is 5.78 Å². The van der Waals surface area contributed by atoms with Crippen LogP contribution in [0.3, 0.4) is 0 Å². The van der Waals surface area contributed by atoms with E-state index in [0.29, 0.717) is 12.3 Å². The highest BCUT2D eigenvalue weighted by Crippen LogP contribution is 2.47. The predicted octanol–water partition coefficient (Wildman–Crippen LogP) is 3.69. The van der Waals surface area contributed by atoms with Crippen molar-refractivity contribution >= 4 is 17.1 Å². The summed E-state index contributed by atoms with van der Waals surface area (Å²) in [6.07, 6.45) is 1.67. The lowest BCUT2D eigenvalue weighted by Crippen LogP contribution is -2.03. The second-order valence-electron chi connectivity index (χ2n) is 4.96. The number of carbonyl (C=O) groups is 1. The molecule has 2 unspecified atom stereocenters. The Morgan fingerprint density at radius 1 is 1.39 bits per heavy atom. The van der Waals surface area contributed by atoms with Crippen LogP contribution >= 0.6 is 11.3 Å². The van der Waals surface area contributed by atoms with Crippen LogP contribution in [0.25, 0.3) is 0 Å². The lowest BCUT2D eigenvalue weighted by molar-refractivity contribution is 0.0992. The third kappa shape index (κ3) is 2.36. The molecule has 0 N–H and O–H groups in total. The molecule has 0 radical (unpaired) electrons. The lowest BCUT2D eigenvalue weighted by Gasteiger charge is -1.97. The summed E-state index contributed by atoms with van der Waals surface area (Å²) in [5.41, 5.74) is 1.69. The molecule has 2 nitrogen and oxygen atoms in total. The van der Waals surface area contributed by atoms with Gasteiger partial charge in [-0.3, -0.25) is 4.79 Å². The van der Waals surface area contributed by atoms with Crippen molar-refractivity contribution < 1.29 is 4.79 Å². The molecular formula is C15H15NOS. The molecule has 0 bridgehead atoms. The predicted molar refractivity (Wildman–Crippen MR) is 73.1 cm³/mol. The van der Waals surface area contributed by atoms with Crippen LogP contribution in [-0.2, 0) is 6.42 Å². The molecule has 1 aromatic carbocycles. The number of benzene rings is 1. The highest BCUT2D eigenvalue weighted by atomic mass is 32.1. The zero-order chi connectivity index (χ0) is 12.5. The van der Waals surface area contributed by atoms with Crippen LogP contribution in [-0.4, -0.2) is 10.8 Å². The van der Waals surface area contributed by atoms with Gasteiger partial charge in [0.1, 0.15) is 0 Å². The van der Waals surface area contributed by atoms with E-state index in [1.165, 1.54) is 11.4 Å². The van der Waals surface area contributed by atoms with Gasteiger partial charge in [0.05, 0.1) is 17.1 Å². The Morgan fingerprint density at radius 3 is 2.78 bits per heavy atom. The third-order valence-corrected chi connectivity index (χ3v) is 4.46. The minimum atomic E-state index is 0.149. The van der Waals surface area contributed by atoms with Gasteiger partial charge in [-0.05, 0) is 12.3 Å². The summed E-state index contributed by atoms with van der Waals surface area (Å²) in [5, 5.41) is 3.24. The fourth-order valence-electron chi connectivity index (χ4n) is 2.13. The Hall–Kier alpha value is -1.48. The standard InChI is InChI=1S/C15H15NOS/c1-10-7-13(10)15-16-12(9-18-15)8-14(17)11-5-3-2-4-6-11/h2-6,9-10,13H,7-8H2,1H3. The fraction of sp³-hybridized carbons (Fsp3) is 0.333. The zero-order valence-electron chi connectivity index (χ0n) is 10.3. The maximum Gasteiger partial charge on any atom is 0.168 e. The van der Waals surface area contributed by atoms with Crippen LogP contribution in [0.1, 0.15) is 40.3 Å². The fourth-order valence-corrected chi connectivity index (χ4v) is 3.20. The Kier molecular flexibility index (Phi) is 3.00. The number of hydrogen-bond donors (Lipinski definition) is 0. The van der Waals surface area contributed by atoms with Gasteiger partial charge in [-0.1, -0.05) is 37.3 Å². The molecule has 1 saturated carbocycles. The average molecular weight is 257 g/mol. The van der Waals surface area contributed by atoms with Crippen molar-refractivity contribution in [2.45, 2.75) is 25.7 Å². The number of hydrogen-bond acceptors (Lipinski definition) is 3. The lowest BCUT2D eigenvalue weighted by atomic mass is 10.1. The van der Waals surface area contributed by atoms with Crippen LogP contribution in [0.15, 0.2) is 35.7 Å². The van der Waals surface area contributed by atoms with Crippen LogP contribution < -0.4 is 0 Å². The Morgan fingerprint density at radius 2 is 2.11 bits per heavy atom. The number of thiazole rings is 1. The van der Waals surface area contributed by atoms with E-state index in [0.717, 1.165) is 17.2 Å². The largest absolute Gasteiger partial charge is 0.294 e. The van der Waals surface area contributed by atoms with E-state index in [1.54, 1.807) is 11.3 Å². The van der Waals surface area contributed by atoms with E-state index >= 15 is 0 Å². The number of ketones is 1. The van der Waals surface area contributed by atoms with Crippen molar-refractivity contribution in [2.75, 3.05) is 0 Å². The second-order valence-corrected chi connectivity index (χ2v) is 5.85. The quantitative estimate of drug-likeness (QED) is 0.782. The topological polar surface area (TPSA) is 30.0 Å². The first-order chi connectivity index (χ1) is 8.74. The molecule has 3 rings (SSSR count). The number of nitrogens with zero attached hydrogens (tertiary/aromatic N) is 1. The Bertz CT molecular complexity index is 561. The van der Waals surface area contributed by atoms with Gasteiger partial charge < -0.3 is 0 Å². The molecule has 0 aliphatic heterocycles. The van der Waals surface area contributed by atoms with E-state index in [1.807, 2.05) is 35.7 Å². The molecule has 1 aliphatic rings. The molecular weight excluding hydrogens is 242 g/mol. The smallest absolute Gasteiger partial charge is 0.168 e. The van der Waals surface area contributed by atoms with Gasteiger partial charge in [0.2, 0.25) is 0 Å². The molecule has 1 aliphatic carbocycles. The van der Waals surface area contributed by atoms with Gasteiger partial charge >= 0.3 is 0 Å². The molecule has 0 saturated heterocycles. The molecule has 0 spiro atoms. The summed E-state index contributed by atoms with van der Waals surface area (Å²) in [6.45, 7) is 2.25. The molecule has 92 valence electrons. The molecule has 18 heavy (non-hydrogen) atoms. The van der Waals surface area contributed by atoms with Gasteiger partial charge in [0.15, 0.2) is 5.78 Å². The summed E-state index contributed by atoms with van der Waals surface area (Å²) in [7, 11) is 0. The molecule has 2 atom stereocenters. The molecule has 1 aromatic heterocycles. The Labute approximate surface area is 111 Å². The van der Waals surface area contributed by atoms with Gasteiger partial charge in [-0.25, -0.2) is 4.98 Å². The van der Waals surface area contributed by atoms with Crippen molar-refractivity contribution in [2.24, 2.45) is 5.92 Å². The van der Waals surface area contributed by atoms with E-state index in [4.69, 9.17) is 0 Å². The Balaban J connectivity index is 1.69. The van der Waals surface area contributed by atoms with Crippen molar-refractivity contribution in [3.8, 4) is 0 Å². The molecule has 3 heteroatoms. The summed E-state index contributed by atoms with van der Waals surface area (Å²) < 4.78 is 0. The minimum Gasteiger partial charge on any atom is -0.294 e. The van der Waals surface area contributed by atoms with Crippen LogP contribution in [0.4, 0.5) is 0 Å². The summed E-state index contributed by atoms with van der Waals surface area (Å²) in [4.78, 5) is 16.6. The van der Waals surface area contributed by atoms with Crippen molar-refractivity contribution in [3.63, 3.8) is 0 Å². The molecule has 2 aromatic rings. The van der Waals surface area contributed by atoms with E-state index < -0.39 is 0 Å². The average Bonchev–Trinajstić information content (AvgIpc) is 2.94. The normalized spacial score (nSPS) is 21.8. The van der Waals surface area contributed by atoms with Gasteiger partial charge in [-0.2, -0.15) is 0 Å². The second kappa shape index (κ2) is 4.65. The number of rotatable bonds is 4. The van der Waals surface area contributed by atoms with Crippen LogP contribution in [0, 0.1) is 5.92 Å². The third-order valence-electron chi connectivity index (χ3n) is 3.43. The molecule has 1 heterocycles. The number of Topliss-reactive ketones (excluding diaryl/α,β-unsaturated/α-hetero) is 1. The maximum atomic E-state index is 12.0. The highest BCUT2D eigenvalue weighted by molar-refractivity contribution is 7.09. The highest BCUT2D eigenvalue weighted by Gasteiger charge is 2.36. The maximum absolute atomic E-state index is 12.0. The van der Waals surface area contributed by atoms with Crippen molar-refractivity contribution in [1.82, 2.24) is 4.98 Å². The first-order valence-electron chi connectivity index (χ1n) is 6.26. The van der Waals surface area contributed by atoms with Gasteiger partial charge in [0, 0.05) is 16.9 Å². The summed E-state index contributed by atoms with van der Waals surface area (Å²) >= 11 is 1.70. The van der Waals surface area contributed by atoms with Gasteiger partial charge in [0.25, 0.3) is 0 Å². The van der Waals surface area contributed by atoms with Crippen molar-refractivity contribution in [1.29, 1.82) is 0 Å². The first-order valence-corrected chi connectivity index (χ1v) is 7.14. The SMILES string of the molecule is CC1CC1c1nc(CC(=O)c2ccccc2)cs1. The number of carbonyl (C=O) groups excluding carboxylic acids is 1. The molecule has 1 fully saturated rings. The van der Waals surface area contributed by atoms with Crippen LogP contribution in [0.5, 0.6) is 0 Å². The molecule has 0 amide bonds. The number of aromatic nitrogens is 1. The van der Waals surface area contributed by atoms with Crippen LogP contribution in [0.2, 0.25) is 0 Å². The first kappa shape index (κ1) is 11.6. The summed E-state index contributed by atoms with van der Waals surface area (Å²) in [6, 6.07) is 9.43. The minimum absolute atomic E-state index is 0.149. The van der Waals surface area contributed by atoms with E-state index in [2.05, 4.69) is 11.9 Å². The monoisotopic (exact) mass is 257 g/mol. The summed E-state index contributed by atoms with van der Waals surface area (Å²) in [5.74, 6) is 1.57. The van der Waals surface area contributed by atoms with E-state index in [9.17, 15) is 4.79 Å².